The molecule has 2 rings (SSSR count). The van der Waals surface area contributed by atoms with Crippen LogP contribution in [0, 0.1) is 5.92 Å². The zero-order valence-electron chi connectivity index (χ0n) is 12.9. The normalized spacial score (nSPS) is 18.2. The van der Waals surface area contributed by atoms with Crippen molar-refractivity contribution in [3.63, 3.8) is 0 Å². The maximum atomic E-state index is 12.3. The summed E-state index contributed by atoms with van der Waals surface area (Å²) in [6.07, 6.45) is 3.67. The van der Waals surface area contributed by atoms with E-state index in [0.29, 0.717) is 23.9 Å². The summed E-state index contributed by atoms with van der Waals surface area (Å²) in [4.78, 5) is 5.61. The Morgan fingerprint density at radius 1 is 1.38 bits per heavy atom. The molecule has 6 nitrogen and oxygen atoms in total. The number of sulfonamides is 1. The molecule has 1 aliphatic heterocycles. The summed E-state index contributed by atoms with van der Waals surface area (Å²) in [5, 5.41) is 3.17. The van der Waals surface area contributed by atoms with E-state index >= 15 is 0 Å². The van der Waals surface area contributed by atoms with Crippen molar-refractivity contribution in [2.75, 3.05) is 33.2 Å². The van der Waals surface area contributed by atoms with Crippen LogP contribution in [0.2, 0.25) is 0 Å². The van der Waals surface area contributed by atoms with Gasteiger partial charge < -0.3 is 15.2 Å². The lowest BCUT2D eigenvalue weighted by Crippen LogP contribution is -2.36. The molecule has 0 atom stereocenters. The van der Waals surface area contributed by atoms with E-state index in [2.05, 4.69) is 27.0 Å². The van der Waals surface area contributed by atoms with Crippen LogP contribution in [-0.2, 0) is 16.6 Å². The van der Waals surface area contributed by atoms with Crippen LogP contribution in [0.15, 0.2) is 17.2 Å². The summed E-state index contributed by atoms with van der Waals surface area (Å²) < 4.78 is 27.3. The van der Waals surface area contributed by atoms with Gasteiger partial charge in [-0.3, -0.25) is 0 Å². The van der Waals surface area contributed by atoms with Gasteiger partial charge in [-0.25, -0.2) is 13.1 Å². The predicted molar refractivity (Wildman–Crippen MR) is 83.6 cm³/mol. The quantitative estimate of drug-likeness (QED) is 0.694. The van der Waals surface area contributed by atoms with E-state index in [-0.39, 0.29) is 0 Å². The fourth-order valence-electron chi connectivity index (χ4n) is 2.51. The average molecular weight is 314 g/mol. The van der Waals surface area contributed by atoms with Gasteiger partial charge >= 0.3 is 0 Å². The molecule has 0 amide bonds. The van der Waals surface area contributed by atoms with Gasteiger partial charge in [-0.15, -0.1) is 0 Å². The van der Waals surface area contributed by atoms with Crippen molar-refractivity contribution >= 4 is 10.0 Å². The number of piperidine rings is 1. The van der Waals surface area contributed by atoms with Gasteiger partial charge in [-0.05, 0) is 51.5 Å². The van der Waals surface area contributed by atoms with E-state index in [1.165, 1.54) is 0 Å². The molecule has 0 aromatic carbocycles. The summed E-state index contributed by atoms with van der Waals surface area (Å²) in [5.74, 6) is 0.441. The van der Waals surface area contributed by atoms with E-state index in [4.69, 9.17) is 0 Å². The summed E-state index contributed by atoms with van der Waals surface area (Å²) in [6.45, 7) is 6.15. The first-order valence-corrected chi connectivity index (χ1v) is 9.06. The summed E-state index contributed by atoms with van der Waals surface area (Å²) in [5.41, 5.74) is 0.886. The van der Waals surface area contributed by atoms with Crippen LogP contribution in [0.25, 0.3) is 0 Å². The van der Waals surface area contributed by atoms with Gasteiger partial charge in [-0.2, -0.15) is 0 Å². The number of rotatable bonds is 7. The second-order valence-corrected chi connectivity index (χ2v) is 7.51. The van der Waals surface area contributed by atoms with Crippen molar-refractivity contribution in [1.29, 1.82) is 0 Å². The standard InChI is InChI=1S/C14H26N4O2S/c1-3-15-10-13-8-14(11-16-13)21(19,20)17-9-12-4-6-18(2)7-5-12/h8,11-12,15-17H,3-7,9-10H2,1-2H3. The molecule has 1 aromatic rings. The highest BCUT2D eigenvalue weighted by Gasteiger charge is 2.21. The van der Waals surface area contributed by atoms with Gasteiger partial charge in [0.2, 0.25) is 10.0 Å². The summed E-state index contributed by atoms with van der Waals surface area (Å²) in [6, 6.07) is 1.69. The van der Waals surface area contributed by atoms with E-state index in [1.54, 1.807) is 12.3 Å². The minimum absolute atomic E-state index is 0.323. The van der Waals surface area contributed by atoms with Crippen molar-refractivity contribution in [2.45, 2.75) is 31.2 Å². The topological polar surface area (TPSA) is 77.2 Å². The number of hydrogen-bond donors (Lipinski definition) is 3. The number of likely N-dealkylation sites (tertiary alicyclic amines) is 1. The summed E-state index contributed by atoms with van der Waals surface area (Å²) in [7, 11) is -1.30. The maximum Gasteiger partial charge on any atom is 0.242 e. The number of aromatic amines is 1. The molecule has 21 heavy (non-hydrogen) atoms. The number of nitrogens with zero attached hydrogens (tertiary/aromatic N) is 1. The van der Waals surface area contributed by atoms with Gasteiger partial charge in [-0.1, -0.05) is 6.92 Å². The highest BCUT2D eigenvalue weighted by Crippen LogP contribution is 2.16. The maximum absolute atomic E-state index is 12.3. The molecular formula is C14H26N4O2S. The van der Waals surface area contributed by atoms with Crippen LogP contribution in [0.3, 0.4) is 0 Å². The first-order valence-electron chi connectivity index (χ1n) is 7.57. The van der Waals surface area contributed by atoms with Gasteiger partial charge in [0.05, 0.1) is 4.90 Å². The van der Waals surface area contributed by atoms with Crippen LogP contribution in [0.4, 0.5) is 0 Å². The molecule has 120 valence electrons. The smallest absolute Gasteiger partial charge is 0.242 e. The Labute approximate surface area is 127 Å². The average Bonchev–Trinajstić information content (AvgIpc) is 2.94. The van der Waals surface area contributed by atoms with Crippen LogP contribution in [-0.4, -0.2) is 51.5 Å². The third-order valence-corrected chi connectivity index (χ3v) is 5.40. The SMILES string of the molecule is CCNCc1cc(S(=O)(=O)NCC2CCN(C)CC2)c[nH]1. The molecule has 1 aliphatic rings. The van der Waals surface area contributed by atoms with Crippen molar-refractivity contribution in [3.8, 4) is 0 Å². The fourth-order valence-corrected chi connectivity index (χ4v) is 3.65. The minimum Gasteiger partial charge on any atom is -0.363 e. The molecule has 0 spiro atoms. The molecular weight excluding hydrogens is 288 g/mol. The van der Waals surface area contributed by atoms with Crippen LogP contribution < -0.4 is 10.0 Å². The third-order valence-electron chi connectivity index (χ3n) is 3.99. The number of hydrogen-bond acceptors (Lipinski definition) is 4. The molecule has 0 saturated carbocycles. The lowest BCUT2D eigenvalue weighted by Gasteiger charge is -2.28. The Morgan fingerprint density at radius 2 is 2.10 bits per heavy atom. The highest BCUT2D eigenvalue weighted by atomic mass is 32.2. The molecule has 2 heterocycles. The minimum atomic E-state index is -3.40. The molecule has 0 bridgehead atoms. The molecule has 0 aliphatic carbocycles. The Kier molecular flexibility index (Phi) is 5.80. The van der Waals surface area contributed by atoms with E-state index < -0.39 is 10.0 Å². The monoisotopic (exact) mass is 314 g/mol. The first-order chi connectivity index (χ1) is 10.0. The first kappa shape index (κ1) is 16.5. The fraction of sp³-hybridized carbons (Fsp3) is 0.714. The largest absolute Gasteiger partial charge is 0.363 e. The number of aromatic nitrogens is 1. The third kappa shape index (κ3) is 4.81. The molecule has 3 N–H and O–H groups in total. The van der Waals surface area contributed by atoms with Gasteiger partial charge in [0.1, 0.15) is 0 Å². The zero-order chi connectivity index (χ0) is 15.3. The van der Waals surface area contributed by atoms with Crippen molar-refractivity contribution < 1.29 is 8.42 Å². The molecule has 0 radical (unpaired) electrons. The van der Waals surface area contributed by atoms with Crippen LogP contribution in [0.1, 0.15) is 25.5 Å². The lowest BCUT2D eigenvalue weighted by molar-refractivity contribution is 0.220. The Bertz CT molecular complexity index is 533. The lowest BCUT2D eigenvalue weighted by atomic mass is 9.98. The van der Waals surface area contributed by atoms with Crippen molar-refractivity contribution in [2.24, 2.45) is 5.92 Å². The predicted octanol–water partition coefficient (Wildman–Crippen LogP) is 0.744. The van der Waals surface area contributed by atoms with Crippen LogP contribution in [0.5, 0.6) is 0 Å². The second-order valence-electron chi connectivity index (χ2n) is 5.74. The highest BCUT2D eigenvalue weighted by molar-refractivity contribution is 7.89. The molecule has 1 saturated heterocycles. The van der Waals surface area contributed by atoms with E-state index in [0.717, 1.165) is 38.2 Å². The van der Waals surface area contributed by atoms with Gasteiger partial charge in [0, 0.05) is 25.0 Å². The Morgan fingerprint density at radius 3 is 2.76 bits per heavy atom. The second kappa shape index (κ2) is 7.40. The van der Waals surface area contributed by atoms with Crippen LogP contribution >= 0.6 is 0 Å². The number of H-pyrrole nitrogens is 1. The van der Waals surface area contributed by atoms with Crippen molar-refractivity contribution in [3.05, 3.63) is 18.0 Å². The zero-order valence-corrected chi connectivity index (χ0v) is 13.7. The van der Waals surface area contributed by atoms with E-state index in [1.807, 2.05) is 6.92 Å². The molecule has 7 heteroatoms. The Hall–Kier alpha value is -0.890. The molecule has 1 aromatic heterocycles. The molecule has 0 unspecified atom stereocenters. The Balaban J connectivity index is 1.87. The molecule has 1 fully saturated rings. The summed E-state index contributed by atoms with van der Waals surface area (Å²) >= 11 is 0. The van der Waals surface area contributed by atoms with Gasteiger partial charge in [0.25, 0.3) is 0 Å². The van der Waals surface area contributed by atoms with Crippen molar-refractivity contribution in [1.82, 2.24) is 19.9 Å². The number of nitrogens with one attached hydrogen (secondary N) is 3. The van der Waals surface area contributed by atoms with Gasteiger partial charge in [0.15, 0.2) is 0 Å². The van der Waals surface area contributed by atoms with E-state index in [9.17, 15) is 8.42 Å².